The summed E-state index contributed by atoms with van der Waals surface area (Å²) in [5, 5.41) is 23.6. The summed E-state index contributed by atoms with van der Waals surface area (Å²) in [6.45, 7) is 6.29. The van der Waals surface area contributed by atoms with Gasteiger partial charge < -0.3 is 20.3 Å². The van der Waals surface area contributed by atoms with E-state index >= 15 is 0 Å². The lowest BCUT2D eigenvalue weighted by molar-refractivity contribution is -0.151. The minimum Gasteiger partial charge on any atom is -0.462 e. The summed E-state index contributed by atoms with van der Waals surface area (Å²) in [5.74, 6) is -0.563. The van der Waals surface area contributed by atoms with E-state index in [-0.39, 0.29) is 24.9 Å². The fourth-order valence-electron chi connectivity index (χ4n) is 6.58. The second-order valence-electron chi connectivity index (χ2n) is 15.2. The van der Waals surface area contributed by atoms with Crippen molar-refractivity contribution in [2.24, 2.45) is 0 Å². The van der Waals surface area contributed by atoms with Crippen LogP contribution in [0.3, 0.4) is 0 Å². The van der Waals surface area contributed by atoms with Gasteiger partial charge in [0.05, 0.1) is 25.2 Å². The van der Waals surface area contributed by atoms with Gasteiger partial charge in [0, 0.05) is 6.42 Å². The minimum absolute atomic E-state index is 0.0491. The highest BCUT2D eigenvalue weighted by molar-refractivity contribution is 5.77. The monoisotopic (exact) mass is 756 g/mol. The Kier molecular flexibility index (Phi) is 39.8. The lowest BCUT2D eigenvalue weighted by Crippen LogP contribution is -2.46. The molecule has 54 heavy (non-hydrogen) atoms. The molecule has 0 spiro atoms. The van der Waals surface area contributed by atoms with E-state index in [4.69, 9.17) is 4.74 Å². The average Bonchev–Trinajstić information content (AvgIpc) is 3.16. The Hall–Kier alpha value is -2.44. The smallest absolute Gasteiger partial charge is 0.306 e. The van der Waals surface area contributed by atoms with Crippen LogP contribution in [-0.4, -0.2) is 46.9 Å². The molecule has 0 bridgehead atoms. The molecule has 312 valence electrons. The molecular weight excluding hydrogens is 671 g/mol. The zero-order valence-electron chi connectivity index (χ0n) is 35.3. The number of nitrogens with one attached hydrogen (secondary N) is 1. The summed E-state index contributed by atoms with van der Waals surface area (Å²) in [6, 6.07) is -0.713. The molecule has 0 saturated heterocycles. The van der Waals surface area contributed by atoms with Gasteiger partial charge in [0.2, 0.25) is 5.91 Å². The van der Waals surface area contributed by atoms with Crippen molar-refractivity contribution in [2.75, 3.05) is 6.61 Å². The van der Waals surface area contributed by atoms with E-state index in [0.29, 0.717) is 25.7 Å². The number of unbranched alkanes of at least 4 members (excludes halogenated alkanes) is 21. The number of carbonyl (C=O) groups is 2. The molecule has 0 aromatic rings. The van der Waals surface area contributed by atoms with Gasteiger partial charge >= 0.3 is 5.97 Å². The van der Waals surface area contributed by atoms with Crippen LogP contribution in [0.15, 0.2) is 60.8 Å². The van der Waals surface area contributed by atoms with Gasteiger partial charge in [-0.25, -0.2) is 0 Å². The maximum Gasteiger partial charge on any atom is 0.306 e. The van der Waals surface area contributed by atoms with Crippen LogP contribution in [0, 0.1) is 0 Å². The molecule has 6 heteroatoms. The number of amides is 1. The summed E-state index contributed by atoms with van der Waals surface area (Å²) in [6.07, 6.45) is 49.9. The van der Waals surface area contributed by atoms with Crippen molar-refractivity contribution in [3.8, 4) is 0 Å². The van der Waals surface area contributed by atoms with Crippen LogP contribution in [0.5, 0.6) is 0 Å². The van der Waals surface area contributed by atoms with Gasteiger partial charge in [-0.05, 0) is 38.5 Å². The SMILES string of the molecule is CC/C=C/C=C/C=C\C=C/C=C/CCCC(=O)OC(CCCCCCCCCCCCC)CC(=O)NC(CO)C(O)CCCCCCCCCCCCC. The molecule has 0 rings (SSSR count). The number of aliphatic hydroxyl groups excluding tert-OH is 2. The maximum atomic E-state index is 13.1. The van der Waals surface area contributed by atoms with Crippen molar-refractivity contribution >= 4 is 11.9 Å². The van der Waals surface area contributed by atoms with Crippen molar-refractivity contribution in [1.82, 2.24) is 5.32 Å². The summed E-state index contributed by atoms with van der Waals surface area (Å²) in [4.78, 5) is 25.9. The largest absolute Gasteiger partial charge is 0.462 e. The zero-order valence-corrected chi connectivity index (χ0v) is 35.3. The van der Waals surface area contributed by atoms with E-state index in [1.165, 1.54) is 103 Å². The van der Waals surface area contributed by atoms with Crippen LogP contribution in [0.25, 0.3) is 0 Å². The van der Waals surface area contributed by atoms with E-state index in [0.717, 1.165) is 51.4 Å². The van der Waals surface area contributed by atoms with Crippen molar-refractivity contribution in [3.63, 3.8) is 0 Å². The Morgan fingerprint density at radius 3 is 1.44 bits per heavy atom. The van der Waals surface area contributed by atoms with Gasteiger partial charge in [0.15, 0.2) is 0 Å². The van der Waals surface area contributed by atoms with Crippen LogP contribution < -0.4 is 5.32 Å². The van der Waals surface area contributed by atoms with Crippen LogP contribution >= 0.6 is 0 Å². The quantitative estimate of drug-likeness (QED) is 0.0330. The predicted molar refractivity (Wildman–Crippen MR) is 232 cm³/mol. The average molecular weight is 756 g/mol. The topological polar surface area (TPSA) is 95.9 Å². The van der Waals surface area contributed by atoms with Crippen LogP contribution in [0.1, 0.15) is 207 Å². The molecule has 0 radical (unpaired) electrons. The molecular formula is C48H85NO5. The second kappa shape index (κ2) is 41.7. The highest BCUT2D eigenvalue weighted by atomic mass is 16.5. The van der Waals surface area contributed by atoms with Gasteiger partial charge in [-0.1, -0.05) is 216 Å². The number of ether oxygens (including phenoxy) is 1. The van der Waals surface area contributed by atoms with Gasteiger partial charge in [0.25, 0.3) is 0 Å². The molecule has 0 aliphatic rings. The maximum absolute atomic E-state index is 13.1. The van der Waals surface area contributed by atoms with Gasteiger partial charge in [-0.2, -0.15) is 0 Å². The molecule has 3 unspecified atom stereocenters. The van der Waals surface area contributed by atoms with Gasteiger partial charge in [-0.15, -0.1) is 0 Å². The zero-order chi connectivity index (χ0) is 39.6. The van der Waals surface area contributed by atoms with Crippen molar-refractivity contribution in [2.45, 2.75) is 225 Å². The lowest BCUT2D eigenvalue weighted by atomic mass is 10.0. The fourth-order valence-corrected chi connectivity index (χ4v) is 6.58. The van der Waals surface area contributed by atoms with Crippen molar-refractivity contribution < 1.29 is 24.5 Å². The Bertz CT molecular complexity index is 984. The molecule has 6 nitrogen and oxygen atoms in total. The van der Waals surface area contributed by atoms with Crippen molar-refractivity contribution in [1.29, 1.82) is 0 Å². The number of rotatable bonds is 39. The molecule has 3 N–H and O–H groups in total. The highest BCUT2D eigenvalue weighted by Crippen LogP contribution is 2.17. The molecule has 0 aromatic carbocycles. The summed E-state index contributed by atoms with van der Waals surface area (Å²) in [5.41, 5.74) is 0. The number of hydrogen-bond donors (Lipinski definition) is 3. The van der Waals surface area contributed by atoms with E-state index in [1.807, 2.05) is 54.7 Å². The van der Waals surface area contributed by atoms with Crippen LogP contribution in [0.2, 0.25) is 0 Å². The van der Waals surface area contributed by atoms with E-state index < -0.39 is 18.2 Å². The summed E-state index contributed by atoms with van der Waals surface area (Å²) < 4.78 is 5.86. The summed E-state index contributed by atoms with van der Waals surface area (Å²) >= 11 is 0. The second-order valence-corrected chi connectivity index (χ2v) is 15.2. The van der Waals surface area contributed by atoms with Crippen molar-refractivity contribution in [3.05, 3.63) is 60.8 Å². The molecule has 0 saturated carbocycles. The first-order valence-electron chi connectivity index (χ1n) is 22.6. The fraction of sp³-hybridized carbons (Fsp3) is 0.750. The van der Waals surface area contributed by atoms with Crippen LogP contribution in [-0.2, 0) is 14.3 Å². The third-order valence-electron chi connectivity index (χ3n) is 9.99. The Balaban J connectivity index is 4.70. The summed E-state index contributed by atoms with van der Waals surface area (Å²) in [7, 11) is 0. The number of carbonyl (C=O) groups excluding carboxylic acids is 2. The Labute approximate surface area is 333 Å². The molecule has 3 atom stereocenters. The van der Waals surface area contributed by atoms with Gasteiger partial charge in [-0.3, -0.25) is 9.59 Å². The number of esters is 1. The van der Waals surface area contributed by atoms with E-state index in [9.17, 15) is 19.8 Å². The number of hydrogen-bond acceptors (Lipinski definition) is 5. The first-order valence-corrected chi connectivity index (χ1v) is 22.6. The molecule has 0 fully saturated rings. The third-order valence-corrected chi connectivity index (χ3v) is 9.99. The highest BCUT2D eigenvalue weighted by Gasteiger charge is 2.24. The first kappa shape index (κ1) is 51.6. The third kappa shape index (κ3) is 36.5. The molecule has 0 aliphatic carbocycles. The number of allylic oxidation sites excluding steroid dienone is 10. The molecule has 0 aromatic heterocycles. The molecule has 0 aliphatic heterocycles. The molecule has 0 heterocycles. The first-order chi connectivity index (χ1) is 26.5. The van der Waals surface area contributed by atoms with E-state index in [1.54, 1.807) is 0 Å². The van der Waals surface area contributed by atoms with Gasteiger partial charge in [0.1, 0.15) is 6.10 Å². The minimum atomic E-state index is -0.797. The Morgan fingerprint density at radius 2 is 0.981 bits per heavy atom. The van der Waals surface area contributed by atoms with Crippen LogP contribution in [0.4, 0.5) is 0 Å². The molecule has 1 amide bonds. The standard InChI is InChI=1S/C48H85NO5/c1-4-7-10-13-16-19-22-23-26-29-32-35-38-41-48(53)54-44(39-36-33-30-27-24-20-17-14-11-8-5-2)42-47(52)49-45(43-50)46(51)40-37-34-31-28-25-21-18-15-12-9-6-3/h7,10,13,16,19,22-23,26,29,32,44-46,50-51H,4-6,8-9,11-12,14-15,17-18,20-21,24-25,27-28,30-31,33-43H2,1-3H3,(H,49,52)/b10-7+,16-13+,22-19-,26-23-,32-29+. The number of aliphatic hydroxyl groups is 2. The predicted octanol–water partition coefficient (Wildman–Crippen LogP) is 12.9. The Morgan fingerprint density at radius 1 is 0.556 bits per heavy atom. The van der Waals surface area contributed by atoms with E-state index in [2.05, 4.69) is 32.2 Å². The lowest BCUT2D eigenvalue weighted by Gasteiger charge is -2.24. The normalized spacial score (nSPS) is 13.9.